The number of hydrogen-bond acceptors (Lipinski definition) is 8. The van der Waals surface area contributed by atoms with E-state index in [-0.39, 0.29) is 18.3 Å². The van der Waals surface area contributed by atoms with Crippen LogP contribution in [0.4, 0.5) is 11.8 Å². The normalized spacial score (nSPS) is 10.3. The number of hydrogen-bond donors (Lipinski definition) is 2. The number of carbonyl (C=O) groups excluding carboxylic acids is 1. The van der Waals surface area contributed by atoms with Crippen LogP contribution in [0.5, 0.6) is 5.75 Å². The molecule has 8 nitrogen and oxygen atoms in total. The SMILES string of the molecule is CCCCNc1nc(N)ncc1OCc1ccc(C(=O)OC)o1. The average molecular weight is 320 g/mol. The van der Waals surface area contributed by atoms with Crippen molar-refractivity contribution in [1.29, 1.82) is 0 Å². The number of esters is 1. The molecular weight excluding hydrogens is 300 g/mol. The topological polar surface area (TPSA) is 112 Å². The summed E-state index contributed by atoms with van der Waals surface area (Å²) in [5.41, 5.74) is 5.60. The minimum Gasteiger partial charge on any atom is -0.480 e. The van der Waals surface area contributed by atoms with Crippen LogP contribution in [-0.4, -0.2) is 29.6 Å². The van der Waals surface area contributed by atoms with Crippen molar-refractivity contribution in [3.05, 3.63) is 29.9 Å². The first kappa shape index (κ1) is 16.6. The largest absolute Gasteiger partial charge is 0.480 e. The number of furan rings is 1. The molecule has 0 aliphatic rings. The number of anilines is 2. The summed E-state index contributed by atoms with van der Waals surface area (Å²) >= 11 is 0. The van der Waals surface area contributed by atoms with Crippen molar-refractivity contribution in [1.82, 2.24) is 9.97 Å². The van der Waals surface area contributed by atoms with E-state index >= 15 is 0 Å². The van der Waals surface area contributed by atoms with Gasteiger partial charge in [0.25, 0.3) is 0 Å². The van der Waals surface area contributed by atoms with Crippen molar-refractivity contribution in [2.24, 2.45) is 0 Å². The van der Waals surface area contributed by atoms with Crippen LogP contribution in [0.25, 0.3) is 0 Å². The maximum atomic E-state index is 11.3. The molecule has 0 spiro atoms. The summed E-state index contributed by atoms with van der Waals surface area (Å²) in [6.45, 7) is 2.99. The minimum atomic E-state index is -0.533. The van der Waals surface area contributed by atoms with Crippen LogP contribution in [0.15, 0.2) is 22.7 Å². The van der Waals surface area contributed by atoms with E-state index in [9.17, 15) is 4.79 Å². The Morgan fingerprint density at radius 2 is 2.26 bits per heavy atom. The summed E-state index contributed by atoms with van der Waals surface area (Å²) < 4.78 is 15.6. The molecule has 3 N–H and O–H groups in total. The maximum absolute atomic E-state index is 11.3. The number of aromatic nitrogens is 2. The number of nitrogen functional groups attached to an aromatic ring is 1. The Labute approximate surface area is 134 Å². The van der Waals surface area contributed by atoms with E-state index in [4.69, 9.17) is 14.9 Å². The highest BCUT2D eigenvalue weighted by Crippen LogP contribution is 2.23. The number of carbonyl (C=O) groups is 1. The van der Waals surface area contributed by atoms with Crippen LogP contribution in [-0.2, 0) is 11.3 Å². The third-order valence-corrected chi connectivity index (χ3v) is 3.01. The number of nitrogens with zero attached hydrogens (tertiary/aromatic N) is 2. The number of methoxy groups -OCH3 is 1. The third kappa shape index (κ3) is 4.60. The van der Waals surface area contributed by atoms with E-state index in [1.165, 1.54) is 19.4 Å². The quantitative estimate of drug-likeness (QED) is 0.562. The average Bonchev–Trinajstić information content (AvgIpc) is 3.02. The molecule has 0 bridgehead atoms. The van der Waals surface area contributed by atoms with Gasteiger partial charge < -0.3 is 24.9 Å². The fraction of sp³-hybridized carbons (Fsp3) is 0.400. The highest BCUT2D eigenvalue weighted by atomic mass is 16.5. The van der Waals surface area contributed by atoms with E-state index < -0.39 is 5.97 Å². The number of rotatable bonds is 8. The van der Waals surface area contributed by atoms with E-state index in [0.29, 0.717) is 17.3 Å². The molecular formula is C15H20N4O4. The molecule has 124 valence electrons. The molecule has 8 heteroatoms. The number of nitrogens with two attached hydrogens (primary N) is 1. The Morgan fingerprint density at radius 3 is 3.00 bits per heavy atom. The van der Waals surface area contributed by atoms with Crippen LogP contribution in [0.2, 0.25) is 0 Å². The zero-order valence-electron chi connectivity index (χ0n) is 13.2. The number of nitrogens with one attached hydrogen (secondary N) is 1. The molecule has 2 heterocycles. The Bertz CT molecular complexity index is 657. The first-order valence-electron chi connectivity index (χ1n) is 7.30. The second-order valence-corrected chi connectivity index (χ2v) is 4.77. The minimum absolute atomic E-state index is 0.126. The first-order chi connectivity index (χ1) is 11.1. The Balaban J connectivity index is 2.01. The first-order valence-corrected chi connectivity index (χ1v) is 7.30. The van der Waals surface area contributed by atoms with Crippen LogP contribution in [0.1, 0.15) is 36.1 Å². The zero-order chi connectivity index (χ0) is 16.7. The summed E-state index contributed by atoms with van der Waals surface area (Å²) in [5.74, 6) is 1.25. The van der Waals surface area contributed by atoms with Gasteiger partial charge in [-0.3, -0.25) is 0 Å². The molecule has 0 unspecified atom stereocenters. The van der Waals surface area contributed by atoms with Gasteiger partial charge in [0, 0.05) is 6.54 Å². The standard InChI is InChI=1S/C15H20N4O4/c1-3-4-7-17-13-12(8-18-15(16)19-13)22-9-10-5-6-11(23-10)14(20)21-2/h5-6,8H,3-4,7,9H2,1-2H3,(H3,16,17,18,19). The summed E-state index contributed by atoms with van der Waals surface area (Å²) in [4.78, 5) is 19.4. The highest BCUT2D eigenvalue weighted by molar-refractivity contribution is 5.86. The van der Waals surface area contributed by atoms with Crippen molar-refractivity contribution in [2.75, 3.05) is 24.7 Å². The van der Waals surface area contributed by atoms with Crippen molar-refractivity contribution in [2.45, 2.75) is 26.4 Å². The predicted molar refractivity (Wildman–Crippen MR) is 84.2 cm³/mol. The van der Waals surface area contributed by atoms with Gasteiger partial charge in [-0.25, -0.2) is 9.78 Å². The van der Waals surface area contributed by atoms with Crippen molar-refractivity contribution < 1.29 is 18.7 Å². The van der Waals surface area contributed by atoms with E-state index in [1.54, 1.807) is 6.07 Å². The smallest absolute Gasteiger partial charge is 0.373 e. The number of ether oxygens (including phenoxy) is 2. The fourth-order valence-electron chi connectivity index (χ4n) is 1.81. The van der Waals surface area contributed by atoms with Crippen molar-refractivity contribution in [3.63, 3.8) is 0 Å². The molecule has 0 saturated carbocycles. The summed E-state index contributed by atoms with van der Waals surface area (Å²) in [6, 6.07) is 3.18. The molecule has 23 heavy (non-hydrogen) atoms. The summed E-state index contributed by atoms with van der Waals surface area (Å²) in [5, 5.41) is 3.16. The number of unbranched alkanes of at least 4 members (excludes halogenated alkanes) is 1. The van der Waals surface area contributed by atoms with Gasteiger partial charge >= 0.3 is 5.97 Å². The molecule has 2 aromatic heterocycles. The van der Waals surface area contributed by atoms with Gasteiger partial charge in [-0.1, -0.05) is 13.3 Å². The molecule has 2 aromatic rings. The van der Waals surface area contributed by atoms with Gasteiger partial charge in [0.1, 0.15) is 12.4 Å². The fourth-order valence-corrected chi connectivity index (χ4v) is 1.81. The molecule has 0 aromatic carbocycles. The van der Waals surface area contributed by atoms with E-state index in [0.717, 1.165) is 19.4 Å². The second kappa shape index (κ2) is 8.02. The van der Waals surface area contributed by atoms with Crippen LogP contribution in [0.3, 0.4) is 0 Å². The molecule has 2 rings (SSSR count). The molecule has 0 atom stereocenters. The molecule has 0 amide bonds. The lowest BCUT2D eigenvalue weighted by Gasteiger charge is -2.11. The van der Waals surface area contributed by atoms with Crippen molar-refractivity contribution >= 4 is 17.7 Å². The Hall–Kier alpha value is -2.77. The molecule has 0 radical (unpaired) electrons. The van der Waals surface area contributed by atoms with Gasteiger partial charge in [0.05, 0.1) is 13.3 Å². The lowest BCUT2D eigenvalue weighted by Crippen LogP contribution is -2.08. The Morgan fingerprint density at radius 1 is 1.43 bits per heavy atom. The van der Waals surface area contributed by atoms with E-state index in [2.05, 4.69) is 26.9 Å². The third-order valence-electron chi connectivity index (χ3n) is 3.01. The molecule has 0 saturated heterocycles. The van der Waals surface area contributed by atoms with Gasteiger partial charge in [0.15, 0.2) is 11.6 Å². The Kier molecular flexibility index (Phi) is 5.79. The van der Waals surface area contributed by atoms with Gasteiger partial charge in [-0.05, 0) is 18.6 Å². The van der Waals surface area contributed by atoms with Crippen LogP contribution < -0.4 is 15.8 Å². The lowest BCUT2D eigenvalue weighted by atomic mass is 10.3. The maximum Gasteiger partial charge on any atom is 0.373 e. The van der Waals surface area contributed by atoms with Gasteiger partial charge in [-0.2, -0.15) is 4.98 Å². The van der Waals surface area contributed by atoms with Crippen LogP contribution in [0, 0.1) is 0 Å². The van der Waals surface area contributed by atoms with E-state index in [1.807, 2.05) is 0 Å². The molecule has 0 fully saturated rings. The lowest BCUT2D eigenvalue weighted by molar-refractivity contribution is 0.0561. The van der Waals surface area contributed by atoms with Crippen LogP contribution >= 0.6 is 0 Å². The molecule has 0 aliphatic carbocycles. The predicted octanol–water partition coefficient (Wildman–Crippen LogP) is 2.23. The second-order valence-electron chi connectivity index (χ2n) is 4.77. The highest BCUT2D eigenvalue weighted by Gasteiger charge is 2.13. The van der Waals surface area contributed by atoms with Gasteiger partial charge in [0.2, 0.25) is 11.7 Å². The summed E-state index contributed by atoms with van der Waals surface area (Å²) in [7, 11) is 1.29. The zero-order valence-corrected chi connectivity index (χ0v) is 13.2. The summed E-state index contributed by atoms with van der Waals surface area (Å²) in [6.07, 6.45) is 3.57. The van der Waals surface area contributed by atoms with Gasteiger partial charge in [-0.15, -0.1) is 0 Å². The van der Waals surface area contributed by atoms with Crippen molar-refractivity contribution in [3.8, 4) is 5.75 Å². The monoisotopic (exact) mass is 320 g/mol. The molecule has 0 aliphatic heterocycles.